The first-order valence-electron chi connectivity index (χ1n) is 5.48. The first-order chi connectivity index (χ1) is 7.85. The minimum atomic E-state index is -3.38. The Bertz CT molecular complexity index is 325. The summed E-state index contributed by atoms with van der Waals surface area (Å²) in [6.45, 7) is 2.27. The van der Waals surface area contributed by atoms with Gasteiger partial charge in [-0.15, -0.1) is 0 Å². The molecule has 8 heteroatoms. The highest BCUT2D eigenvalue weighted by atomic mass is 32.2. The van der Waals surface area contributed by atoms with Crippen molar-refractivity contribution in [2.45, 2.75) is 18.6 Å². The van der Waals surface area contributed by atoms with Crippen LogP contribution in [0.25, 0.3) is 0 Å². The lowest BCUT2D eigenvalue weighted by molar-refractivity contribution is 0.217. The van der Waals surface area contributed by atoms with Crippen LogP contribution in [0.3, 0.4) is 0 Å². The zero-order valence-corrected chi connectivity index (χ0v) is 11.4. The van der Waals surface area contributed by atoms with Gasteiger partial charge >= 0.3 is 6.03 Å². The molecule has 0 saturated heterocycles. The monoisotopic (exact) mass is 266 g/mol. The Hall–Kier alpha value is -0.860. The number of rotatable bonds is 7. The molecule has 0 aliphatic heterocycles. The van der Waals surface area contributed by atoms with Crippen molar-refractivity contribution < 1.29 is 13.2 Å². The Labute approximate surface area is 103 Å². The van der Waals surface area contributed by atoms with Gasteiger partial charge in [-0.3, -0.25) is 0 Å². The lowest BCUT2D eigenvalue weighted by Gasteiger charge is -2.15. The second kappa shape index (κ2) is 7.46. The van der Waals surface area contributed by atoms with E-state index in [1.54, 1.807) is 21.0 Å². The van der Waals surface area contributed by atoms with E-state index in [1.807, 2.05) is 0 Å². The zero-order valence-electron chi connectivity index (χ0n) is 10.6. The van der Waals surface area contributed by atoms with E-state index in [0.717, 1.165) is 0 Å². The fraction of sp³-hybridized carbons (Fsp3) is 0.889. The quantitative estimate of drug-likeness (QED) is 0.509. The minimum absolute atomic E-state index is 0.0931. The number of nitrogens with one attached hydrogen (secondary N) is 2. The van der Waals surface area contributed by atoms with Crippen LogP contribution in [0, 0.1) is 0 Å². The third-order valence-electron chi connectivity index (χ3n) is 2.27. The predicted octanol–water partition coefficient (Wildman–Crippen LogP) is -1.09. The summed E-state index contributed by atoms with van der Waals surface area (Å²) in [6, 6.07) is -0.255. The van der Waals surface area contributed by atoms with Crippen molar-refractivity contribution >= 4 is 16.1 Å². The van der Waals surface area contributed by atoms with Crippen LogP contribution in [0.4, 0.5) is 4.79 Å². The Balaban J connectivity index is 4.00. The van der Waals surface area contributed by atoms with Crippen LogP contribution in [0.2, 0.25) is 0 Å². The molecule has 17 heavy (non-hydrogen) atoms. The molecule has 0 heterocycles. The van der Waals surface area contributed by atoms with Gasteiger partial charge in [0.25, 0.3) is 0 Å². The van der Waals surface area contributed by atoms with E-state index in [4.69, 9.17) is 5.73 Å². The van der Waals surface area contributed by atoms with Crippen molar-refractivity contribution in [1.29, 1.82) is 0 Å². The van der Waals surface area contributed by atoms with Crippen LogP contribution in [-0.4, -0.2) is 58.3 Å². The van der Waals surface area contributed by atoms with Gasteiger partial charge in [-0.05, 0) is 6.42 Å². The molecule has 0 spiro atoms. The van der Waals surface area contributed by atoms with E-state index in [2.05, 4.69) is 10.0 Å². The van der Waals surface area contributed by atoms with Crippen molar-refractivity contribution in [3.8, 4) is 0 Å². The summed E-state index contributed by atoms with van der Waals surface area (Å²) in [4.78, 5) is 12.5. The SMILES string of the molecule is CCC(CN)S(=O)(=O)NCCNC(=O)N(C)C. The Morgan fingerprint density at radius 1 is 1.35 bits per heavy atom. The first kappa shape index (κ1) is 16.1. The van der Waals surface area contributed by atoms with Gasteiger partial charge < -0.3 is 16.0 Å². The van der Waals surface area contributed by atoms with Gasteiger partial charge in [0.05, 0.1) is 5.25 Å². The minimum Gasteiger partial charge on any atom is -0.337 e. The number of sulfonamides is 1. The molecule has 1 unspecified atom stereocenters. The number of hydrogen-bond acceptors (Lipinski definition) is 4. The molecule has 7 nitrogen and oxygen atoms in total. The van der Waals surface area contributed by atoms with Crippen LogP contribution in [0.5, 0.6) is 0 Å². The highest BCUT2D eigenvalue weighted by Gasteiger charge is 2.21. The summed E-state index contributed by atoms with van der Waals surface area (Å²) in [6.07, 6.45) is 0.468. The van der Waals surface area contributed by atoms with Crippen LogP contribution in [-0.2, 0) is 10.0 Å². The third kappa shape index (κ3) is 5.85. The zero-order chi connectivity index (χ0) is 13.5. The van der Waals surface area contributed by atoms with Gasteiger partial charge in [-0.2, -0.15) is 0 Å². The molecule has 0 aliphatic rings. The Morgan fingerprint density at radius 3 is 2.35 bits per heavy atom. The van der Waals surface area contributed by atoms with Crippen molar-refractivity contribution in [3.63, 3.8) is 0 Å². The Kier molecular flexibility index (Phi) is 7.09. The first-order valence-corrected chi connectivity index (χ1v) is 7.03. The fourth-order valence-corrected chi connectivity index (χ4v) is 2.47. The second-order valence-electron chi connectivity index (χ2n) is 3.83. The van der Waals surface area contributed by atoms with Gasteiger partial charge in [0.15, 0.2) is 0 Å². The molecule has 0 bridgehead atoms. The molecular weight excluding hydrogens is 244 g/mol. The van der Waals surface area contributed by atoms with E-state index in [0.29, 0.717) is 6.42 Å². The molecule has 0 aromatic rings. The van der Waals surface area contributed by atoms with Crippen molar-refractivity contribution in [3.05, 3.63) is 0 Å². The van der Waals surface area contributed by atoms with Gasteiger partial charge in [0, 0.05) is 33.7 Å². The van der Waals surface area contributed by atoms with Crippen molar-refractivity contribution in [2.24, 2.45) is 5.73 Å². The number of nitrogens with two attached hydrogens (primary N) is 1. The molecule has 4 N–H and O–H groups in total. The lowest BCUT2D eigenvalue weighted by atomic mass is 10.3. The van der Waals surface area contributed by atoms with Gasteiger partial charge in [-0.1, -0.05) is 6.92 Å². The van der Waals surface area contributed by atoms with Gasteiger partial charge in [-0.25, -0.2) is 17.9 Å². The van der Waals surface area contributed by atoms with E-state index < -0.39 is 15.3 Å². The topological polar surface area (TPSA) is 105 Å². The van der Waals surface area contributed by atoms with Crippen LogP contribution >= 0.6 is 0 Å². The number of nitrogens with zero attached hydrogens (tertiary/aromatic N) is 1. The van der Waals surface area contributed by atoms with Crippen molar-refractivity contribution in [2.75, 3.05) is 33.7 Å². The largest absolute Gasteiger partial charge is 0.337 e. The molecule has 0 rings (SSSR count). The van der Waals surface area contributed by atoms with E-state index in [-0.39, 0.29) is 25.7 Å². The smallest absolute Gasteiger partial charge is 0.316 e. The highest BCUT2D eigenvalue weighted by Crippen LogP contribution is 2.01. The van der Waals surface area contributed by atoms with E-state index in [9.17, 15) is 13.2 Å². The molecule has 102 valence electrons. The fourth-order valence-electron chi connectivity index (χ4n) is 1.15. The third-order valence-corrected chi connectivity index (χ3v) is 4.28. The Morgan fingerprint density at radius 2 is 1.94 bits per heavy atom. The van der Waals surface area contributed by atoms with E-state index in [1.165, 1.54) is 4.90 Å². The average molecular weight is 266 g/mol. The summed E-state index contributed by atoms with van der Waals surface area (Å²) in [5.41, 5.74) is 5.37. The average Bonchev–Trinajstić information content (AvgIpc) is 2.25. The normalized spacial score (nSPS) is 13.2. The summed E-state index contributed by atoms with van der Waals surface area (Å²) < 4.78 is 25.7. The summed E-state index contributed by atoms with van der Waals surface area (Å²) in [5, 5.41) is 1.98. The standard InChI is InChI=1S/C9H22N4O3S/c1-4-8(7-10)17(15,16)12-6-5-11-9(14)13(2)3/h8,12H,4-7,10H2,1-3H3,(H,11,14). The summed E-state index contributed by atoms with van der Waals surface area (Å²) in [7, 11) is -0.156. The summed E-state index contributed by atoms with van der Waals surface area (Å²) in [5.74, 6) is 0. The molecule has 0 radical (unpaired) electrons. The number of amides is 2. The molecule has 2 amide bonds. The molecule has 0 aliphatic carbocycles. The summed E-state index contributed by atoms with van der Waals surface area (Å²) >= 11 is 0. The molecule has 0 aromatic carbocycles. The number of urea groups is 1. The molecule has 0 fully saturated rings. The number of carbonyl (C=O) groups excluding carboxylic acids is 1. The number of carbonyl (C=O) groups is 1. The van der Waals surface area contributed by atoms with Crippen LogP contribution in [0.1, 0.15) is 13.3 Å². The van der Waals surface area contributed by atoms with Gasteiger partial charge in [0.2, 0.25) is 10.0 Å². The second-order valence-corrected chi connectivity index (χ2v) is 5.88. The van der Waals surface area contributed by atoms with Crippen LogP contribution < -0.4 is 15.8 Å². The molecule has 1 atom stereocenters. The van der Waals surface area contributed by atoms with Crippen molar-refractivity contribution in [1.82, 2.24) is 14.9 Å². The maximum absolute atomic E-state index is 11.7. The molecule has 0 saturated carbocycles. The molecular formula is C9H22N4O3S. The number of hydrogen-bond donors (Lipinski definition) is 3. The maximum Gasteiger partial charge on any atom is 0.316 e. The van der Waals surface area contributed by atoms with Gasteiger partial charge in [0.1, 0.15) is 0 Å². The van der Waals surface area contributed by atoms with E-state index >= 15 is 0 Å². The molecule has 0 aromatic heterocycles. The maximum atomic E-state index is 11.7. The highest BCUT2D eigenvalue weighted by molar-refractivity contribution is 7.90. The lowest BCUT2D eigenvalue weighted by Crippen LogP contribution is -2.43. The van der Waals surface area contributed by atoms with Crippen LogP contribution in [0.15, 0.2) is 0 Å². The predicted molar refractivity (Wildman–Crippen MR) is 67.1 cm³/mol.